The van der Waals surface area contributed by atoms with Crippen molar-refractivity contribution in [2.45, 2.75) is 20.0 Å². The lowest BCUT2D eigenvalue weighted by atomic mass is 10.2. The molecule has 8 heteroatoms. The second-order valence-electron chi connectivity index (χ2n) is 5.92. The van der Waals surface area contributed by atoms with Gasteiger partial charge in [0.1, 0.15) is 5.82 Å². The highest BCUT2D eigenvalue weighted by atomic mass is 16.2. The highest BCUT2D eigenvalue weighted by Gasteiger charge is 2.28. The molecule has 26 heavy (non-hydrogen) atoms. The van der Waals surface area contributed by atoms with Crippen molar-refractivity contribution in [2.24, 2.45) is 0 Å². The first kappa shape index (κ1) is 17.4. The summed E-state index contributed by atoms with van der Waals surface area (Å²) in [7, 11) is 0. The Bertz CT molecular complexity index is 889. The summed E-state index contributed by atoms with van der Waals surface area (Å²) in [5.74, 6) is 0.474. The van der Waals surface area contributed by atoms with Gasteiger partial charge in [-0.15, -0.1) is 0 Å². The van der Waals surface area contributed by atoms with Crippen LogP contribution in [0.3, 0.4) is 0 Å². The lowest BCUT2D eigenvalue weighted by Gasteiger charge is -2.14. The summed E-state index contributed by atoms with van der Waals surface area (Å²) in [4.78, 5) is 36.9. The fraction of sp³-hybridized carbons (Fsp3) is 0.278. The maximum atomic E-state index is 12.4. The van der Waals surface area contributed by atoms with Gasteiger partial charge < -0.3 is 15.5 Å². The highest BCUT2D eigenvalue weighted by Crippen LogP contribution is 2.23. The van der Waals surface area contributed by atoms with Gasteiger partial charge in [0, 0.05) is 39.0 Å². The number of carbonyl (C=O) groups is 2. The van der Waals surface area contributed by atoms with E-state index in [0.29, 0.717) is 43.2 Å². The fourth-order valence-electron chi connectivity index (χ4n) is 2.71. The maximum absolute atomic E-state index is 12.4. The summed E-state index contributed by atoms with van der Waals surface area (Å²) in [6.45, 7) is 10.3. The van der Waals surface area contributed by atoms with Gasteiger partial charge >= 0.3 is 0 Å². The molecule has 132 valence electrons. The number of pyridine rings is 2. The monoisotopic (exact) mass is 350 g/mol. The first-order chi connectivity index (χ1) is 12.6. The van der Waals surface area contributed by atoms with Gasteiger partial charge in [-0.3, -0.25) is 14.6 Å². The zero-order valence-electron chi connectivity index (χ0n) is 14.3. The van der Waals surface area contributed by atoms with Crippen LogP contribution in [0.5, 0.6) is 0 Å². The second kappa shape index (κ2) is 7.61. The Morgan fingerprint density at radius 3 is 3.00 bits per heavy atom. The number of nitrogens with zero attached hydrogens (tertiary/aromatic N) is 4. The molecule has 1 aliphatic rings. The van der Waals surface area contributed by atoms with Crippen LogP contribution in [0.25, 0.3) is 4.85 Å². The number of carbonyl (C=O) groups excluding carboxylic acids is 2. The number of anilines is 1. The van der Waals surface area contributed by atoms with Gasteiger partial charge in [0.2, 0.25) is 11.6 Å². The van der Waals surface area contributed by atoms with E-state index in [1.165, 1.54) is 13.1 Å². The molecule has 0 spiro atoms. The van der Waals surface area contributed by atoms with Gasteiger partial charge in [-0.25, -0.2) is 9.83 Å². The molecule has 0 unspecified atom stereocenters. The Hall–Kier alpha value is -3.47. The van der Waals surface area contributed by atoms with Crippen LogP contribution in [-0.4, -0.2) is 39.8 Å². The summed E-state index contributed by atoms with van der Waals surface area (Å²) < 4.78 is 0. The standard InChI is InChI=1S/C18H18N6O2/c1-12(25)21-5-6-24-11-16-15(18(24)26)3-4-17(23-16)22-9-13-7-14(19-2)10-20-8-13/h3-4,7-8,10H,5-6,9,11H2,1H3,(H,21,25)(H,22,23). The van der Waals surface area contributed by atoms with Crippen LogP contribution >= 0.6 is 0 Å². The number of nitrogens with one attached hydrogen (secondary N) is 2. The lowest BCUT2D eigenvalue weighted by molar-refractivity contribution is -0.119. The molecular weight excluding hydrogens is 332 g/mol. The summed E-state index contributed by atoms with van der Waals surface area (Å²) >= 11 is 0. The van der Waals surface area contributed by atoms with E-state index in [1.807, 2.05) is 0 Å². The molecule has 0 bridgehead atoms. The molecule has 0 atom stereocenters. The largest absolute Gasteiger partial charge is 0.366 e. The first-order valence-corrected chi connectivity index (χ1v) is 8.15. The van der Waals surface area contributed by atoms with E-state index in [0.717, 1.165) is 11.3 Å². The van der Waals surface area contributed by atoms with Gasteiger partial charge in [-0.2, -0.15) is 0 Å². The van der Waals surface area contributed by atoms with Crippen LogP contribution in [0.2, 0.25) is 0 Å². The molecule has 2 aromatic rings. The minimum absolute atomic E-state index is 0.0710. The summed E-state index contributed by atoms with van der Waals surface area (Å²) in [5.41, 5.74) is 2.69. The number of amides is 2. The first-order valence-electron chi connectivity index (χ1n) is 8.15. The highest BCUT2D eigenvalue weighted by molar-refractivity contribution is 5.98. The molecule has 2 N–H and O–H groups in total. The Morgan fingerprint density at radius 1 is 1.38 bits per heavy atom. The molecule has 8 nitrogen and oxygen atoms in total. The molecule has 0 saturated heterocycles. The number of hydrogen-bond acceptors (Lipinski definition) is 5. The normalized spacial score (nSPS) is 12.5. The van der Waals surface area contributed by atoms with Crippen LogP contribution in [0.4, 0.5) is 11.5 Å². The Kier molecular flexibility index (Phi) is 5.08. The topological polar surface area (TPSA) is 91.6 Å². The summed E-state index contributed by atoms with van der Waals surface area (Å²) in [6.07, 6.45) is 3.22. The molecule has 0 radical (unpaired) electrons. The number of aromatic nitrogens is 2. The van der Waals surface area contributed by atoms with Crippen molar-refractivity contribution in [3.8, 4) is 0 Å². The molecule has 0 aliphatic carbocycles. The smallest absolute Gasteiger partial charge is 0.256 e. The molecule has 2 aromatic heterocycles. The van der Waals surface area contributed by atoms with Crippen molar-refractivity contribution >= 4 is 23.3 Å². The fourth-order valence-corrected chi connectivity index (χ4v) is 2.71. The summed E-state index contributed by atoms with van der Waals surface area (Å²) in [5, 5.41) is 5.88. The van der Waals surface area contributed by atoms with E-state index < -0.39 is 0 Å². The van der Waals surface area contributed by atoms with Crippen molar-refractivity contribution in [3.63, 3.8) is 0 Å². The second-order valence-corrected chi connectivity index (χ2v) is 5.92. The van der Waals surface area contributed by atoms with E-state index in [9.17, 15) is 9.59 Å². The van der Waals surface area contributed by atoms with Crippen molar-refractivity contribution in [1.82, 2.24) is 20.2 Å². The zero-order valence-corrected chi connectivity index (χ0v) is 14.3. The third kappa shape index (κ3) is 3.95. The molecule has 0 fully saturated rings. The van der Waals surface area contributed by atoms with Crippen LogP contribution < -0.4 is 10.6 Å². The Labute approximate surface area is 151 Å². The summed E-state index contributed by atoms with van der Waals surface area (Å²) in [6, 6.07) is 5.30. The van der Waals surface area contributed by atoms with E-state index in [-0.39, 0.29) is 11.8 Å². The van der Waals surface area contributed by atoms with E-state index in [4.69, 9.17) is 6.57 Å². The third-order valence-corrected chi connectivity index (χ3v) is 3.97. The zero-order chi connectivity index (χ0) is 18.5. The predicted molar refractivity (Wildman–Crippen MR) is 95.5 cm³/mol. The van der Waals surface area contributed by atoms with Crippen LogP contribution in [-0.2, 0) is 17.9 Å². The quantitative estimate of drug-likeness (QED) is 0.774. The van der Waals surface area contributed by atoms with Crippen molar-refractivity contribution in [3.05, 3.63) is 58.8 Å². The SMILES string of the molecule is [C-]#[N+]c1cncc(CNc2ccc3c(n2)CN(CCNC(C)=O)C3=O)c1. The van der Waals surface area contributed by atoms with Crippen molar-refractivity contribution in [2.75, 3.05) is 18.4 Å². The number of fused-ring (bicyclic) bond motifs is 1. The van der Waals surface area contributed by atoms with E-state index >= 15 is 0 Å². The van der Waals surface area contributed by atoms with Crippen molar-refractivity contribution < 1.29 is 9.59 Å². The van der Waals surface area contributed by atoms with E-state index in [1.54, 1.807) is 29.3 Å². The molecule has 1 aliphatic heterocycles. The maximum Gasteiger partial charge on any atom is 0.256 e. The average molecular weight is 350 g/mol. The Balaban J connectivity index is 1.62. The van der Waals surface area contributed by atoms with Crippen LogP contribution in [0, 0.1) is 6.57 Å². The minimum Gasteiger partial charge on any atom is -0.366 e. The predicted octanol–water partition coefficient (Wildman–Crippen LogP) is 1.73. The molecule has 3 heterocycles. The van der Waals surface area contributed by atoms with Crippen LogP contribution in [0.1, 0.15) is 28.5 Å². The minimum atomic E-state index is -0.115. The van der Waals surface area contributed by atoms with E-state index in [2.05, 4.69) is 25.4 Å². The average Bonchev–Trinajstić information content (AvgIpc) is 2.95. The molecular formula is C18H18N6O2. The third-order valence-electron chi connectivity index (χ3n) is 3.97. The molecule has 0 saturated carbocycles. The molecule has 0 aromatic carbocycles. The van der Waals surface area contributed by atoms with Gasteiger partial charge in [-0.1, -0.05) is 0 Å². The Morgan fingerprint density at radius 2 is 2.23 bits per heavy atom. The van der Waals surface area contributed by atoms with Crippen LogP contribution in [0.15, 0.2) is 30.6 Å². The number of rotatable bonds is 6. The van der Waals surface area contributed by atoms with Gasteiger partial charge in [0.25, 0.3) is 5.91 Å². The number of hydrogen-bond donors (Lipinski definition) is 2. The molecule has 3 rings (SSSR count). The van der Waals surface area contributed by atoms with Gasteiger partial charge in [0.05, 0.1) is 24.4 Å². The lowest BCUT2D eigenvalue weighted by Crippen LogP contribution is -2.34. The van der Waals surface area contributed by atoms with Gasteiger partial charge in [-0.05, 0) is 23.8 Å². The van der Waals surface area contributed by atoms with Gasteiger partial charge in [0.15, 0.2) is 0 Å². The molecule has 2 amide bonds. The van der Waals surface area contributed by atoms with Crippen molar-refractivity contribution in [1.29, 1.82) is 0 Å².